The zero-order valence-corrected chi connectivity index (χ0v) is 12.2. The summed E-state index contributed by atoms with van der Waals surface area (Å²) in [5.41, 5.74) is 0. The lowest BCUT2D eigenvalue weighted by Gasteiger charge is -2.34. The minimum absolute atomic E-state index is 0.00918. The van der Waals surface area contributed by atoms with E-state index < -0.39 is 0 Å². The van der Waals surface area contributed by atoms with Gasteiger partial charge >= 0.3 is 6.03 Å². The molecule has 6 nitrogen and oxygen atoms in total. The lowest BCUT2D eigenvalue weighted by Crippen LogP contribution is -2.54. The van der Waals surface area contributed by atoms with Gasteiger partial charge in [0.1, 0.15) is 0 Å². The second-order valence-corrected chi connectivity index (χ2v) is 5.22. The van der Waals surface area contributed by atoms with Gasteiger partial charge in [-0.05, 0) is 20.3 Å². The second kappa shape index (κ2) is 7.99. The van der Waals surface area contributed by atoms with Crippen LogP contribution in [0, 0.1) is 0 Å². The van der Waals surface area contributed by atoms with Crippen molar-refractivity contribution in [3.8, 4) is 0 Å². The van der Waals surface area contributed by atoms with Crippen molar-refractivity contribution in [3.63, 3.8) is 0 Å². The topological polar surface area (TPSA) is 64.7 Å². The van der Waals surface area contributed by atoms with E-state index in [0.29, 0.717) is 19.6 Å². The van der Waals surface area contributed by atoms with E-state index in [1.165, 1.54) is 0 Å². The van der Waals surface area contributed by atoms with E-state index in [1.54, 1.807) is 4.90 Å². The SMILES string of the molecule is CCCNC(=O)CN1CCN(C(=O)NC(C)C)CC1. The van der Waals surface area contributed by atoms with Crippen molar-refractivity contribution in [2.45, 2.75) is 33.2 Å². The van der Waals surface area contributed by atoms with Crippen LogP contribution < -0.4 is 10.6 Å². The molecule has 0 aliphatic carbocycles. The third kappa shape index (κ3) is 5.92. The third-order valence-corrected chi connectivity index (χ3v) is 3.01. The average Bonchev–Trinajstić information content (AvgIpc) is 2.36. The van der Waals surface area contributed by atoms with Crippen LogP contribution in [0.3, 0.4) is 0 Å². The zero-order chi connectivity index (χ0) is 14.3. The Balaban J connectivity index is 2.25. The molecular formula is C13H26N4O2. The van der Waals surface area contributed by atoms with Crippen molar-refractivity contribution in [2.75, 3.05) is 39.3 Å². The van der Waals surface area contributed by atoms with Gasteiger partial charge < -0.3 is 15.5 Å². The fourth-order valence-corrected chi connectivity index (χ4v) is 1.97. The highest BCUT2D eigenvalue weighted by Gasteiger charge is 2.22. The summed E-state index contributed by atoms with van der Waals surface area (Å²) in [6, 6.07) is 0.149. The average molecular weight is 270 g/mol. The van der Waals surface area contributed by atoms with Gasteiger partial charge in [0.15, 0.2) is 0 Å². The number of carbonyl (C=O) groups is 2. The van der Waals surface area contributed by atoms with E-state index in [1.807, 2.05) is 20.8 Å². The number of nitrogens with one attached hydrogen (secondary N) is 2. The van der Waals surface area contributed by atoms with Gasteiger partial charge in [-0.2, -0.15) is 0 Å². The maximum absolute atomic E-state index is 11.8. The second-order valence-electron chi connectivity index (χ2n) is 5.22. The van der Waals surface area contributed by atoms with Gasteiger partial charge in [-0.15, -0.1) is 0 Å². The molecule has 0 aromatic rings. The Morgan fingerprint density at radius 2 is 1.79 bits per heavy atom. The molecule has 1 aliphatic rings. The Labute approximate surface area is 115 Å². The number of piperazine rings is 1. The number of nitrogens with zero attached hydrogens (tertiary/aromatic N) is 2. The van der Waals surface area contributed by atoms with Crippen LogP contribution >= 0.6 is 0 Å². The first kappa shape index (κ1) is 15.8. The first-order valence-electron chi connectivity index (χ1n) is 7.07. The summed E-state index contributed by atoms with van der Waals surface area (Å²) < 4.78 is 0. The Morgan fingerprint density at radius 3 is 2.32 bits per heavy atom. The van der Waals surface area contributed by atoms with Crippen LogP contribution in [0.25, 0.3) is 0 Å². The molecule has 19 heavy (non-hydrogen) atoms. The molecule has 6 heteroatoms. The third-order valence-electron chi connectivity index (χ3n) is 3.01. The van der Waals surface area contributed by atoms with Crippen molar-refractivity contribution in [2.24, 2.45) is 0 Å². The first-order valence-corrected chi connectivity index (χ1v) is 7.07. The lowest BCUT2D eigenvalue weighted by atomic mass is 10.3. The molecule has 3 amide bonds. The molecule has 1 saturated heterocycles. The highest BCUT2D eigenvalue weighted by molar-refractivity contribution is 5.78. The summed E-state index contributed by atoms with van der Waals surface area (Å²) in [4.78, 5) is 27.3. The number of hydrogen-bond donors (Lipinski definition) is 2. The van der Waals surface area contributed by atoms with E-state index in [2.05, 4.69) is 15.5 Å². The van der Waals surface area contributed by atoms with Crippen LogP contribution in [-0.4, -0.2) is 67.0 Å². The Bertz CT molecular complexity index is 299. The van der Waals surface area contributed by atoms with Crippen LogP contribution in [0.5, 0.6) is 0 Å². The highest BCUT2D eigenvalue weighted by Crippen LogP contribution is 2.02. The van der Waals surface area contributed by atoms with Crippen molar-refractivity contribution >= 4 is 11.9 Å². The summed E-state index contributed by atoms with van der Waals surface area (Å²) in [7, 11) is 0. The van der Waals surface area contributed by atoms with Crippen molar-refractivity contribution in [1.29, 1.82) is 0 Å². The molecule has 0 radical (unpaired) electrons. The molecule has 1 heterocycles. The molecule has 0 unspecified atom stereocenters. The fraction of sp³-hybridized carbons (Fsp3) is 0.846. The van der Waals surface area contributed by atoms with Gasteiger partial charge in [0, 0.05) is 38.8 Å². The predicted octanol–water partition coefficient (Wildman–Crippen LogP) is 0.248. The summed E-state index contributed by atoms with van der Waals surface area (Å²) in [5.74, 6) is 0.0712. The standard InChI is InChI=1S/C13H26N4O2/c1-4-5-14-12(18)10-16-6-8-17(9-7-16)13(19)15-11(2)3/h11H,4-10H2,1-3H3,(H,14,18)(H,15,19). The number of carbonyl (C=O) groups excluding carboxylic acids is 2. The van der Waals surface area contributed by atoms with E-state index in [0.717, 1.165) is 26.1 Å². The van der Waals surface area contributed by atoms with E-state index in [-0.39, 0.29) is 18.0 Å². The summed E-state index contributed by atoms with van der Waals surface area (Å²) in [6.45, 7) is 9.97. The molecule has 0 bridgehead atoms. The van der Waals surface area contributed by atoms with Crippen LogP contribution in [0.1, 0.15) is 27.2 Å². The molecule has 0 saturated carbocycles. The van der Waals surface area contributed by atoms with E-state index in [9.17, 15) is 9.59 Å². The van der Waals surface area contributed by atoms with Gasteiger partial charge in [0.2, 0.25) is 5.91 Å². The Hall–Kier alpha value is -1.30. The lowest BCUT2D eigenvalue weighted by molar-refractivity contribution is -0.122. The zero-order valence-electron chi connectivity index (χ0n) is 12.2. The molecule has 0 atom stereocenters. The highest BCUT2D eigenvalue weighted by atomic mass is 16.2. The normalized spacial score (nSPS) is 16.5. The molecule has 0 spiro atoms. The monoisotopic (exact) mass is 270 g/mol. The Kier molecular flexibility index (Phi) is 6.62. The van der Waals surface area contributed by atoms with Gasteiger partial charge in [0.25, 0.3) is 0 Å². The smallest absolute Gasteiger partial charge is 0.317 e. The van der Waals surface area contributed by atoms with E-state index in [4.69, 9.17) is 0 Å². The molecule has 0 aromatic heterocycles. The van der Waals surface area contributed by atoms with Crippen molar-refractivity contribution < 1.29 is 9.59 Å². The fourth-order valence-electron chi connectivity index (χ4n) is 1.97. The minimum Gasteiger partial charge on any atom is -0.355 e. The number of urea groups is 1. The maximum atomic E-state index is 11.8. The van der Waals surface area contributed by atoms with Crippen LogP contribution in [0.2, 0.25) is 0 Å². The molecule has 1 fully saturated rings. The molecular weight excluding hydrogens is 244 g/mol. The first-order chi connectivity index (χ1) is 9.02. The molecule has 1 aliphatic heterocycles. The van der Waals surface area contributed by atoms with Crippen LogP contribution in [0.4, 0.5) is 4.79 Å². The van der Waals surface area contributed by atoms with Crippen LogP contribution in [-0.2, 0) is 4.79 Å². The molecule has 110 valence electrons. The van der Waals surface area contributed by atoms with Gasteiger partial charge in [-0.25, -0.2) is 4.79 Å². The van der Waals surface area contributed by atoms with E-state index >= 15 is 0 Å². The van der Waals surface area contributed by atoms with Gasteiger partial charge in [-0.1, -0.05) is 6.92 Å². The number of hydrogen-bond acceptors (Lipinski definition) is 3. The molecule has 1 rings (SSSR count). The summed E-state index contributed by atoms with van der Waals surface area (Å²) in [6.07, 6.45) is 0.953. The van der Waals surface area contributed by atoms with Gasteiger partial charge in [-0.3, -0.25) is 9.69 Å². The largest absolute Gasteiger partial charge is 0.355 e. The van der Waals surface area contributed by atoms with Crippen molar-refractivity contribution in [1.82, 2.24) is 20.4 Å². The summed E-state index contributed by atoms with van der Waals surface area (Å²) in [5, 5.41) is 5.75. The van der Waals surface area contributed by atoms with Crippen LogP contribution in [0.15, 0.2) is 0 Å². The minimum atomic E-state index is -0.00918. The maximum Gasteiger partial charge on any atom is 0.317 e. The Morgan fingerprint density at radius 1 is 1.16 bits per heavy atom. The van der Waals surface area contributed by atoms with Crippen molar-refractivity contribution in [3.05, 3.63) is 0 Å². The molecule has 2 N–H and O–H groups in total. The number of rotatable bonds is 5. The predicted molar refractivity (Wildman–Crippen MR) is 75.0 cm³/mol. The summed E-state index contributed by atoms with van der Waals surface area (Å²) >= 11 is 0. The number of amides is 3. The molecule has 0 aromatic carbocycles. The van der Waals surface area contributed by atoms with Gasteiger partial charge in [0.05, 0.1) is 6.54 Å². The quantitative estimate of drug-likeness (QED) is 0.752.